The first kappa shape index (κ1) is 22.3. The van der Waals surface area contributed by atoms with Gasteiger partial charge in [0, 0.05) is 43.8 Å². The third-order valence-corrected chi connectivity index (χ3v) is 6.36. The molecule has 1 saturated heterocycles. The number of phenols is 1. The fourth-order valence-electron chi connectivity index (χ4n) is 4.49. The molecule has 2 aromatic rings. The van der Waals surface area contributed by atoms with Crippen molar-refractivity contribution in [2.24, 2.45) is 0 Å². The number of piperazine rings is 1. The van der Waals surface area contributed by atoms with Gasteiger partial charge >= 0.3 is 0 Å². The SMILES string of the molecule is CCN(CC)C(=O)c1cccc([C@H](c2cccc(O)c2)N2C[C@@H](C)N(C)C[C@@H]2C)c1. The molecule has 0 saturated carbocycles. The van der Waals surface area contributed by atoms with E-state index >= 15 is 0 Å². The van der Waals surface area contributed by atoms with Gasteiger partial charge < -0.3 is 14.9 Å². The summed E-state index contributed by atoms with van der Waals surface area (Å²) >= 11 is 0. The molecule has 1 aliphatic rings. The molecule has 0 spiro atoms. The van der Waals surface area contributed by atoms with Crippen LogP contribution in [0.25, 0.3) is 0 Å². The van der Waals surface area contributed by atoms with Crippen LogP contribution in [0.3, 0.4) is 0 Å². The number of benzene rings is 2. The molecule has 162 valence electrons. The molecular weight excluding hydrogens is 374 g/mol. The minimum absolute atomic E-state index is 0.0206. The maximum Gasteiger partial charge on any atom is 0.253 e. The summed E-state index contributed by atoms with van der Waals surface area (Å²) in [5, 5.41) is 10.2. The van der Waals surface area contributed by atoms with Crippen molar-refractivity contribution < 1.29 is 9.90 Å². The van der Waals surface area contributed by atoms with Crippen LogP contribution in [0.5, 0.6) is 5.75 Å². The topological polar surface area (TPSA) is 47.0 Å². The van der Waals surface area contributed by atoms with Crippen LogP contribution in [0, 0.1) is 0 Å². The van der Waals surface area contributed by atoms with Gasteiger partial charge in [0.1, 0.15) is 5.75 Å². The molecule has 0 aromatic heterocycles. The minimum atomic E-state index is -0.0206. The Kier molecular flexibility index (Phi) is 7.16. The van der Waals surface area contributed by atoms with Crippen molar-refractivity contribution in [1.29, 1.82) is 0 Å². The zero-order valence-corrected chi connectivity index (χ0v) is 18.9. The fraction of sp³-hybridized carbons (Fsp3) is 0.480. The fourth-order valence-corrected chi connectivity index (χ4v) is 4.49. The number of carbonyl (C=O) groups is 1. The number of phenolic OH excluding ortho intramolecular Hbond substituents is 1. The first-order valence-electron chi connectivity index (χ1n) is 11.0. The highest BCUT2D eigenvalue weighted by atomic mass is 16.3. The van der Waals surface area contributed by atoms with E-state index in [1.807, 2.05) is 49.1 Å². The van der Waals surface area contributed by atoms with Gasteiger partial charge in [-0.15, -0.1) is 0 Å². The standard InChI is InChI=1S/C25H35N3O2/c1-6-27(7-2)25(30)22-12-8-10-20(14-22)24(21-11-9-13-23(29)15-21)28-17-18(3)26(5)16-19(28)4/h8-15,18-19,24,29H,6-7,16-17H2,1-5H3/t18-,19+,24-/m1/s1. The summed E-state index contributed by atoms with van der Waals surface area (Å²) in [6.45, 7) is 11.8. The summed E-state index contributed by atoms with van der Waals surface area (Å²) < 4.78 is 0. The van der Waals surface area contributed by atoms with Crippen molar-refractivity contribution in [1.82, 2.24) is 14.7 Å². The Morgan fingerprint density at radius 2 is 1.67 bits per heavy atom. The summed E-state index contributed by atoms with van der Waals surface area (Å²) in [6, 6.07) is 16.3. The molecule has 1 N–H and O–H groups in total. The molecule has 1 aliphatic heterocycles. The van der Waals surface area contributed by atoms with Gasteiger partial charge in [0.25, 0.3) is 5.91 Å². The van der Waals surface area contributed by atoms with Crippen LogP contribution in [0.15, 0.2) is 48.5 Å². The molecule has 3 rings (SSSR count). The minimum Gasteiger partial charge on any atom is -0.508 e. The van der Waals surface area contributed by atoms with Gasteiger partial charge in [0.15, 0.2) is 0 Å². The molecule has 1 heterocycles. The maximum absolute atomic E-state index is 13.0. The van der Waals surface area contributed by atoms with Crippen molar-refractivity contribution in [3.8, 4) is 5.75 Å². The highest BCUT2D eigenvalue weighted by Gasteiger charge is 2.33. The van der Waals surface area contributed by atoms with Crippen LogP contribution in [-0.2, 0) is 0 Å². The van der Waals surface area contributed by atoms with E-state index in [-0.39, 0.29) is 17.7 Å². The molecule has 5 nitrogen and oxygen atoms in total. The predicted octanol–water partition coefficient (Wildman–Crippen LogP) is 3.99. The lowest BCUT2D eigenvalue weighted by molar-refractivity contribution is 0.0389. The van der Waals surface area contributed by atoms with Crippen LogP contribution >= 0.6 is 0 Å². The maximum atomic E-state index is 13.0. The van der Waals surface area contributed by atoms with E-state index < -0.39 is 0 Å². The molecular formula is C25H35N3O2. The lowest BCUT2D eigenvalue weighted by Gasteiger charge is -2.46. The summed E-state index contributed by atoms with van der Waals surface area (Å²) in [7, 11) is 2.17. The molecule has 30 heavy (non-hydrogen) atoms. The molecule has 5 heteroatoms. The molecule has 0 unspecified atom stereocenters. The number of carbonyl (C=O) groups excluding carboxylic acids is 1. The third-order valence-electron chi connectivity index (χ3n) is 6.36. The zero-order chi connectivity index (χ0) is 21.8. The number of nitrogens with zero attached hydrogens (tertiary/aromatic N) is 3. The van der Waals surface area contributed by atoms with E-state index in [0.29, 0.717) is 25.2 Å². The van der Waals surface area contributed by atoms with Gasteiger partial charge in [-0.3, -0.25) is 9.69 Å². The Morgan fingerprint density at radius 1 is 1.03 bits per heavy atom. The van der Waals surface area contributed by atoms with Crippen molar-refractivity contribution in [2.45, 2.75) is 45.8 Å². The van der Waals surface area contributed by atoms with E-state index in [9.17, 15) is 9.90 Å². The summed E-state index contributed by atoms with van der Waals surface area (Å²) in [5.74, 6) is 0.332. The highest BCUT2D eigenvalue weighted by Crippen LogP contribution is 2.34. The second kappa shape index (κ2) is 9.63. The van der Waals surface area contributed by atoms with Gasteiger partial charge in [-0.25, -0.2) is 0 Å². The summed E-state index contributed by atoms with van der Waals surface area (Å²) in [4.78, 5) is 19.7. The van der Waals surface area contributed by atoms with Gasteiger partial charge in [-0.05, 0) is 70.1 Å². The number of hydrogen-bond donors (Lipinski definition) is 1. The van der Waals surface area contributed by atoms with Gasteiger partial charge in [0.05, 0.1) is 6.04 Å². The molecule has 3 atom stereocenters. The largest absolute Gasteiger partial charge is 0.508 e. The van der Waals surface area contributed by atoms with E-state index in [1.165, 1.54) is 0 Å². The van der Waals surface area contributed by atoms with E-state index in [2.05, 4.69) is 42.8 Å². The van der Waals surface area contributed by atoms with Crippen LogP contribution in [0.4, 0.5) is 0 Å². The highest BCUT2D eigenvalue weighted by molar-refractivity contribution is 5.94. The van der Waals surface area contributed by atoms with Crippen molar-refractivity contribution in [3.05, 3.63) is 65.2 Å². The Bertz CT molecular complexity index is 865. The third kappa shape index (κ3) is 4.68. The average Bonchev–Trinajstić information content (AvgIpc) is 2.73. The number of hydrogen-bond acceptors (Lipinski definition) is 4. The molecule has 1 amide bonds. The number of aromatic hydroxyl groups is 1. The first-order valence-corrected chi connectivity index (χ1v) is 11.0. The molecule has 0 aliphatic carbocycles. The lowest BCUT2D eigenvalue weighted by atomic mass is 9.92. The predicted molar refractivity (Wildman–Crippen MR) is 122 cm³/mol. The molecule has 0 radical (unpaired) electrons. The van der Waals surface area contributed by atoms with E-state index in [4.69, 9.17) is 0 Å². The Labute approximate surface area is 180 Å². The zero-order valence-electron chi connectivity index (χ0n) is 18.9. The number of amides is 1. The monoisotopic (exact) mass is 409 g/mol. The van der Waals surface area contributed by atoms with Crippen molar-refractivity contribution in [3.63, 3.8) is 0 Å². The second-order valence-electron chi connectivity index (χ2n) is 8.43. The first-order chi connectivity index (χ1) is 14.3. The molecule has 2 aromatic carbocycles. The molecule has 1 fully saturated rings. The quantitative estimate of drug-likeness (QED) is 0.784. The van der Waals surface area contributed by atoms with Crippen molar-refractivity contribution >= 4 is 5.91 Å². The van der Waals surface area contributed by atoms with Gasteiger partial charge in [-0.2, -0.15) is 0 Å². The van der Waals surface area contributed by atoms with Gasteiger partial charge in [0.2, 0.25) is 0 Å². The van der Waals surface area contributed by atoms with Gasteiger partial charge in [-0.1, -0.05) is 24.3 Å². The average molecular weight is 410 g/mol. The van der Waals surface area contributed by atoms with Crippen molar-refractivity contribution in [2.75, 3.05) is 33.2 Å². The lowest BCUT2D eigenvalue weighted by Crippen LogP contribution is -2.55. The van der Waals surface area contributed by atoms with E-state index in [0.717, 1.165) is 29.8 Å². The molecule has 0 bridgehead atoms. The second-order valence-corrected chi connectivity index (χ2v) is 8.43. The van der Waals surface area contributed by atoms with Crippen LogP contribution in [0.1, 0.15) is 55.2 Å². The van der Waals surface area contributed by atoms with Crippen LogP contribution in [-0.4, -0.2) is 71.0 Å². The normalized spacial score (nSPS) is 21.4. The Hall–Kier alpha value is -2.37. The van der Waals surface area contributed by atoms with Crippen LogP contribution in [0.2, 0.25) is 0 Å². The Balaban J connectivity index is 2.05. The number of rotatable bonds is 6. The van der Waals surface area contributed by atoms with Crippen LogP contribution < -0.4 is 0 Å². The summed E-state index contributed by atoms with van der Waals surface area (Å²) in [6.07, 6.45) is 0. The van der Waals surface area contributed by atoms with E-state index in [1.54, 1.807) is 6.07 Å². The summed E-state index contributed by atoms with van der Waals surface area (Å²) in [5.41, 5.74) is 2.85. The smallest absolute Gasteiger partial charge is 0.253 e. The Morgan fingerprint density at radius 3 is 2.30 bits per heavy atom. The number of likely N-dealkylation sites (N-methyl/N-ethyl adjacent to an activating group) is 1.